The predicted octanol–water partition coefficient (Wildman–Crippen LogP) is 3.54. The van der Waals surface area contributed by atoms with Gasteiger partial charge in [-0.2, -0.15) is 0 Å². The summed E-state index contributed by atoms with van der Waals surface area (Å²) in [6.07, 6.45) is 0. The minimum absolute atomic E-state index is 0.0873. The number of benzene rings is 2. The molecule has 6 nitrogen and oxygen atoms in total. The highest BCUT2D eigenvalue weighted by Gasteiger charge is 2.09. The molecular weight excluding hydrogens is 372 g/mol. The van der Waals surface area contributed by atoms with Crippen LogP contribution in [0.15, 0.2) is 53.7 Å². The monoisotopic (exact) mass is 388 g/mol. The molecule has 1 amide bonds. The lowest BCUT2D eigenvalue weighted by Crippen LogP contribution is -2.24. The third-order valence-corrected chi connectivity index (χ3v) is 4.64. The van der Waals surface area contributed by atoms with Gasteiger partial charge in [-0.25, -0.2) is 4.98 Å². The van der Waals surface area contributed by atoms with Gasteiger partial charge in [0.25, 0.3) is 0 Å². The van der Waals surface area contributed by atoms with Gasteiger partial charge in [0, 0.05) is 17.1 Å². The van der Waals surface area contributed by atoms with E-state index in [0.29, 0.717) is 22.5 Å². The van der Waals surface area contributed by atoms with Crippen molar-refractivity contribution in [3.8, 4) is 17.1 Å². The first kappa shape index (κ1) is 18.3. The van der Waals surface area contributed by atoms with Crippen LogP contribution in [0.3, 0.4) is 0 Å². The Morgan fingerprint density at radius 2 is 2.08 bits per heavy atom. The normalized spacial score (nSPS) is 10.5. The van der Waals surface area contributed by atoms with Crippen LogP contribution in [0.4, 0.5) is 0 Å². The summed E-state index contributed by atoms with van der Waals surface area (Å²) < 4.78 is 5.17. The number of aromatic nitrogens is 3. The first-order valence-corrected chi connectivity index (χ1v) is 9.21. The number of ether oxygens (including phenoxy) is 1. The quantitative estimate of drug-likeness (QED) is 0.605. The summed E-state index contributed by atoms with van der Waals surface area (Å²) in [6.45, 7) is 0.445. The summed E-state index contributed by atoms with van der Waals surface area (Å²) in [5.74, 6) is 1.56. The van der Waals surface area contributed by atoms with Gasteiger partial charge in [-0.3, -0.25) is 9.89 Å². The van der Waals surface area contributed by atoms with Gasteiger partial charge in [0.05, 0.1) is 12.9 Å². The molecule has 0 atom stereocenters. The Morgan fingerprint density at radius 1 is 1.27 bits per heavy atom. The maximum atomic E-state index is 12.0. The van der Waals surface area contributed by atoms with Gasteiger partial charge in [-0.1, -0.05) is 35.5 Å². The molecule has 3 rings (SSSR count). The van der Waals surface area contributed by atoms with E-state index in [0.717, 1.165) is 16.9 Å². The standard InChI is InChI=1S/C18H17ClN4O2S/c1-25-15-4-2-3-12(9-15)10-20-16(24)11-26-18-21-17(22-23-18)13-5-7-14(19)8-6-13/h2-9H,10-11H2,1H3,(H,20,24)(H,21,22,23). The highest BCUT2D eigenvalue weighted by Crippen LogP contribution is 2.21. The highest BCUT2D eigenvalue weighted by molar-refractivity contribution is 7.99. The average molecular weight is 389 g/mol. The summed E-state index contributed by atoms with van der Waals surface area (Å²) in [6, 6.07) is 14.9. The van der Waals surface area contributed by atoms with Crippen LogP contribution in [0.1, 0.15) is 5.56 Å². The Labute approximate surface area is 160 Å². The molecule has 0 saturated carbocycles. The van der Waals surface area contributed by atoms with Gasteiger partial charge in [0.15, 0.2) is 5.82 Å². The largest absolute Gasteiger partial charge is 0.497 e. The Bertz CT molecular complexity index is 883. The summed E-state index contributed by atoms with van der Waals surface area (Å²) in [7, 11) is 1.61. The number of hydrogen-bond acceptors (Lipinski definition) is 5. The highest BCUT2D eigenvalue weighted by atomic mass is 35.5. The lowest BCUT2D eigenvalue weighted by molar-refractivity contribution is -0.118. The van der Waals surface area contributed by atoms with Gasteiger partial charge in [-0.15, -0.1) is 5.10 Å². The molecule has 134 valence electrons. The molecule has 0 fully saturated rings. The fourth-order valence-corrected chi connectivity index (χ4v) is 2.97. The van der Waals surface area contributed by atoms with Crippen molar-refractivity contribution in [1.29, 1.82) is 0 Å². The Kier molecular flexibility index (Phi) is 6.14. The fraction of sp³-hybridized carbons (Fsp3) is 0.167. The zero-order valence-corrected chi connectivity index (χ0v) is 15.6. The topological polar surface area (TPSA) is 79.9 Å². The van der Waals surface area contributed by atoms with E-state index in [1.54, 1.807) is 19.2 Å². The zero-order chi connectivity index (χ0) is 18.4. The fourth-order valence-electron chi connectivity index (χ4n) is 2.21. The molecule has 0 spiro atoms. The molecule has 8 heteroatoms. The Balaban J connectivity index is 1.49. The van der Waals surface area contributed by atoms with Crippen LogP contribution >= 0.6 is 23.4 Å². The second kappa shape index (κ2) is 8.73. The van der Waals surface area contributed by atoms with E-state index in [9.17, 15) is 4.79 Å². The number of halogens is 1. The second-order valence-corrected chi connectivity index (χ2v) is 6.77. The average Bonchev–Trinajstić information content (AvgIpc) is 3.14. The van der Waals surface area contributed by atoms with Gasteiger partial charge >= 0.3 is 0 Å². The van der Waals surface area contributed by atoms with Crippen LogP contribution in [0.5, 0.6) is 5.75 Å². The van der Waals surface area contributed by atoms with Gasteiger partial charge in [0.2, 0.25) is 11.1 Å². The minimum Gasteiger partial charge on any atom is -0.497 e. The number of nitrogens with zero attached hydrogens (tertiary/aromatic N) is 2. The molecule has 0 aliphatic heterocycles. The summed E-state index contributed by atoms with van der Waals surface area (Å²) in [4.78, 5) is 16.4. The number of thioether (sulfide) groups is 1. The maximum Gasteiger partial charge on any atom is 0.230 e. The van der Waals surface area contributed by atoms with Gasteiger partial charge < -0.3 is 10.1 Å². The summed E-state index contributed by atoms with van der Waals surface area (Å²) >= 11 is 7.15. The molecule has 1 aromatic heterocycles. The Hall–Kier alpha value is -2.51. The smallest absolute Gasteiger partial charge is 0.230 e. The number of nitrogens with one attached hydrogen (secondary N) is 2. The summed E-state index contributed by atoms with van der Waals surface area (Å²) in [5, 5.41) is 11.0. The van der Waals surface area contributed by atoms with Crippen LogP contribution in [0, 0.1) is 0 Å². The summed E-state index contributed by atoms with van der Waals surface area (Å²) in [5.41, 5.74) is 1.86. The van der Waals surface area contributed by atoms with E-state index in [-0.39, 0.29) is 11.7 Å². The number of carbonyl (C=O) groups is 1. The van der Waals surface area contributed by atoms with Crippen molar-refractivity contribution in [3.63, 3.8) is 0 Å². The van der Waals surface area contributed by atoms with Crippen LogP contribution < -0.4 is 10.1 Å². The molecule has 0 aliphatic carbocycles. The van der Waals surface area contributed by atoms with E-state index in [1.807, 2.05) is 36.4 Å². The Morgan fingerprint density at radius 3 is 2.85 bits per heavy atom. The van der Waals surface area contributed by atoms with E-state index < -0.39 is 0 Å². The lowest BCUT2D eigenvalue weighted by atomic mass is 10.2. The van der Waals surface area contributed by atoms with Gasteiger partial charge in [-0.05, 0) is 42.0 Å². The predicted molar refractivity (Wildman–Crippen MR) is 102 cm³/mol. The molecule has 26 heavy (non-hydrogen) atoms. The number of amides is 1. The third kappa shape index (κ3) is 5.00. The number of carbonyl (C=O) groups excluding carboxylic acids is 1. The second-order valence-electron chi connectivity index (χ2n) is 5.39. The van der Waals surface area contributed by atoms with Crippen LogP contribution in [0.25, 0.3) is 11.4 Å². The molecule has 0 bridgehead atoms. The third-order valence-electron chi connectivity index (χ3n) is 3.54. The van der Waals surface area contributed by atoms with Crippen LogP contribution in [0.2, 0.25) is 5.02 Å². The van der Waals surface area contributed by atoms with E-state index >= 15 is 0 Å². The van der Waals surface area contributed by atoms with Crippen molar-refractivity contribution in [3.05, 3.63) is 59.1 Å². The first-order chi connectivity index (χ1) is 12.6. The van der Waals surface area contributed by atoms with Crippen molar-refractivity contribution in [2.75, 3.05) is 12.9 Å². The molecule has 3 aromatic rings. The zero-order valence-electron chi connectivity index (χ0n) is 14.0. The lowest BCUT2D eigenvalue weighted by Gasteiger charge is -2.06. The SMILES string of the molecule is COc1cccc(CNC(=O)CSc2n[nH]c(-c3ccc(Cl)cc3)n2)c1. The van der Waals surface area contributed by atoms with E-state index in [1.165, 1.54) is 11.8 Å². The van der Waals surface area contributed by atoms with Gasteiger partial charge in [0.1, 0.15) is 5.75 Å². The van der Waals surface area contributed by atoms with Crippen molar-refractivity contribution >= 4 is 29.3 Å². The van der Waals surface area contributed by atoms with Crippen molar-refractivity contribution in [2.24, 2.45) is 0 Å². The van der Waals surface area contributed by atoms with Crippen LogP contribution in [-0.4, -0.2) is 34.0 Å². The molecule has 0 saturated heterocycles. The van der Waals surface area contributed by atoms with Crippen molar-refractivity contribution in [1.82, 2.24) is 20.5 Å². The van der Waals surface area contributed by atoms with Crippen molar-refractivity contribution in [2.45, 2.75) is 11.7 Å². The van der Waals surface area contributed by atoms with E-state index in [2.05, 4.69) is 20.5 Å². The molecule has 0 unspecified atom stereocenters. The number of rotatable bonds is 7. The minimum atomic E-state index is -0.0873. The maximum absolute atomic E-state index is 12.0. The van der Waals surface area contributed by atoms with Crippen LogP contribution in [-0.2, 0) is 11.3 Å². The molecule has 0 aliphatic rings. The van der Waals surface area contributed by atoms with Crippen molar-refractivity contribution < 1.29 is 9.53 Å². The molecule has 1 heterocycles. The number of hydrogen-bond donors (Lipinski definition) is 2. The molecule has 0 radical (unpaired) electrons. The molecular formula is C18H17ClN4O2S. The number of H-pyrrole nitrogens is 1. The molecule has 2 N–H and O–H groups in total. The molecule has 2 aromatic carbocycles. The van der Waals surface area contributed by atoms with E-state index in [4.69, 9.17) is 16.3 Å². The number of methoxy groups -OCH3 is 1. The first-order valence-electron chi connectivity index (χ1n) is 7.85. The number of aromatic amines is 1.